The summed E-state index contributed by atoms with van der Waals surface area (Å²) < 4.78 is 15.5. The molecule has 3 nitrogen and oxygen atoms in total. The molecule has 0 fully saturated rings. The van der Waals surface area contributed by atoms with Crippen molar-refractivity contribution in [2.45, 2.75) is 19.6 Å². The second-order valence-corrected chi connectivity index (χ2v) is 9.88. The molecular formula is C26H14Cl2FN3S2. The van der Waals surface area contributed by atoms with Crippen LogP contribution in [-0.4, -0.2) is 0 Å². The van der Waals surface area contributed by atoms with Gasteiger partial charge in [-0.3, -0.25) is 0 Å². The van der Waals surface area contributed by atoms with Crippen molar-refractivity contribution in [3.05, 3.63) is 106 Å². The van der Waals surface area contributed by atoms with E-state index in [1.807, 2.05) is 48.5 Å². The Morgan fingerprint density at radius 1 is 0.735 bits per heavy atom. The summed E-state index contributed by atoms with van der Waals surface area (Å²) in [5.74, 6) is -0.459. The minimum absolute atomic E-state index is 0.195. The number of rotatable bonds is 6. The second-order valence-electron chi connectivity index (χ2n) is 6.93. The first-order valence-corrected chi connectivity index (χ1v) is 12.3. The molecule has 0 aromatic heterocycles. The maximum Gasteiger partial charge on any atom is 0.140 e. The normalized spacial score (nSPS) is 10.4. The summed E-state index contributed by atoms with van der Waals surface area (Å²) in [6.07, 6.45) is 0. The molecule has 4 aromatic rings. The first-order valence-electron chi connectivity index (χ1n) is 9.88. The summed E-state index contributed by atoms with van der Waals surface area (Å²) >= 11 is 15.3. The molecule has 0 aliphatic rings. The number of nitrogens with zero attached hydrogens (tertiary/aromatic N) is 2. The number of halogens is 3. The van der Waals surface area contributed by atoms with Gasteiger partial charge < -0.3 is 5.32 Å². The van der Waals surface area contributed by atoms with Crippen molar-refractivity contribution in [2.75, 3.05) is 5.32 Å². The molecule has 0 radical (unpaired) electrons. The van der Waals surface area contributed by atoms with Crippen molar-refractivity contribution in [1.82, 2.24) is 0 Å². The fourth-order valence-electron chi connectivity index (χ4n) is 3.12. The highest BCUT2D eigenvalue weighted by molar-refractivity contribution is 8.02. The van der Waals surface area contributed by atoms with Crippen LogP contribution >= 0.6 is 46.7 Å². The number of anilines is 2. The van der Waals surface area contributed by atoms with Gasteiger partial charge in [0.25, 0.3) is 0 Å². The van der Waals surface area contributed by atoms with Crippen molar-refractivity contribution in [3.8, 4) is 12.1 Å². The molecule has 1 N–H and O–H groups in total. The first kappa shape index (κ1) is 24.0. The predicted molar refractivity (Wildman–Crippen MR) is 137 cm³/mol. The van der Waals surface area contributed by atoms with Gasteiger partial charge >= 0.3 is 0 Å². The molecule has 166 valence electrons. The van der Waals surface area contributed by atoms with Crippen LogP contribution in [0, 0.1) is 28.5 Å². The molecule has 4 rings (SSSR count). The number of benzene rings is 4. The van der Waals surface area contributed by atoms with Gasteiger partial charge in [0.1, 0.15) is 18.0 Å². The third kappa shape index (κ3) is 5.33. The molecule has 0 spiro atoms. The molecular weight excluding hydrogens is 508 g/mol. The SMILES string of the molecule is N#Cc1cccc(Nc2cc(F)c(Sc3ccccc3Cl)c(Sc3ccccc3Cl)c2)c1C#N. The number of hydrogen-bond acceptors (Lipinski definition) is 5. The van der Waals surface area contributed by atoms with Gasteiger partial charge in [0.05, 0.1) is 31.8 Å². The predicted octanol–water partition coefficient (Wildman–Crippen LogP) is 8.92. The van der Waals surface area contributed by atoms with Crippen molar-refractivity contribution in [2.24, 2.45) is 0 Å². The molecule has 0 amide bonds. The Hall–Kier alpha value is -3.13. The van der Waals surface area contributed by atoms with Crippen LogP contribution in [0.25, 0.3) is 0 Å². The summed E-state index contributed by atoms with van der Waals surface area (Å²) in [5, 5.41) is 23.0. The van der Waals surface area contributed by atoms with E-state index in [1.165, 1.54) is 29.6 Å². The zero-order valence-corrected chi connectivity index (χ0v) is 20.5. The van der Waals surface area contributed by atoms with E-state index in [4.69, 9.17) is 23.2 Å². The Labute approximate surface area is 215 Å². The molecule has 0 aliphatic carbocycles. The molecule has 0 heterocycles. The number of nitriles is 2. The van der Waals surface area contributed by atoms with Crippen LogP contribution in [-0.2, 0) is 0 Å². The van der Waals surface area contributed by atoms with Gasteiger partial charge in [-0.05, 0) is 48.5 Å². The van der Waals surface area contributed by atoms with Gasteiger partial charge in [-0.2, -0.15) is 10.5 Å². The molecule has 0 atom stereocenters. The monoisotopic (exact) mass is 521 g/mol. The van der Waals surface area contributed by atoms with E-state index in [2.05, 4.69) is 5.32 Å². The van der Waals surface area contributed by atoms with E-state index in [0.717, 1.165) is 9.79 Å². The maximum atomic E-state index is 15.5. The summed E-state index contributed by atoms with van der Waals surface area (Å²) in [7, 11) is 0. The van der Waals surface area contributed by atoms with Crippen molar-refractivity contribution in [3.63, 3.8) is 0 Å². The lowest BCUT2D eigenvalue weighted by Gasteiger charge is -2.16. The Balaban J connectivity index is 1.79. The van der Waals surface area contributed by atoms with E-state index in [1.54, 1.807) is 36.4 Å². The molecule has 0 saturated carbocycles. The summed E-state index contributed by atoms with van der Waals surface area (Å²) in [4.78, 5) is 2.51. The van der Waals surface area contributed by atoms with Gasteiger partial charge in [-0.25, -0.2) is 4.39 Å². The van der Waals surface area contributed by atoms with Gasteiger partial charge in [-0.1, -0.05) is 77.1 Å². The van der Waals surface area contributed by atoms with Gasteiger partial charge in [0, 0.05) is 20.4 Å². The van der Waals surface area contributed by atoms with Crippen LogP contribution < -0.4 is 5.32 Å². The molecule has 0 bridgehead atoms. The van der Waals surface area contributed by atoms with Gasteiger partial charge in [-0.15, -0.1) is 0 Å². The highest BCUT2D eigenvalue weighted by Gasteiger charge is 2.17. The molecule has 0 unspecified atom stereocenters. The summed E-state index contributed by atoms with van der Waals surface area (Å²) in [6.45, 7) is 0. The minimum Gasteiger partial charge on any atom is -0.354 e. The standard InChI is InChI=1S/C26H14Cl2FN3S2/c27-19-7-1-3-10-23(19)33-25-13-17(32-22-9-5-6-16(14-30)18(22)15-31)12-21(29)26(25)34-24-11-4-2-8-20(24)28/h1-13,32H. The zero-order chi connectivity index (χ0) is 24.1. The molecule has 8 heteroatoms. The Morgan fingerprint density at radius 2 is 1.38 bits per heavy atom. The smallest absolute Gasteiger partial charge is 0.140 e. The highest BCUT2D eigenvalue weighted by Crippen LogP contribution is 2.45. The van der Waals surface area contributed by atoms with Gasteiger partial charge in [0.2, 0.25) is 0 Å². The fourth-order valence-corrected chi connectivity index (χ4v) is 5.65. The third-order valence-electron chi connectivity index (χ3n) is 4.69. The topological polar surface area (TPSA) is 59.6 Å². The molecule has 0 aliphatic heterocycles. The van der Waals surface area contributed by atoms with E-state index < -0.39 is 5.82 Å². The van der Waals surface area contributed by atoms with Gasteiger partial charge in [0.15, 0.2) is 0 Å². The van der Waals surface area contributed by atoms with Crippen molar-refractivity contribution >= 4 is 58.1 Å². The van der Waals surface area contributed by atoms with Crippen LogP contribution in [0.4, 0.5) is 15.8 Å². The van der Waals surface area contributed by atoms with Crippen molar-refractivity contribution < 1.29 is 4.39 Å². The number of nitrogens with one attached hydrogen (secondary N) is 1. The molecule has 0 saturated heterocycles. The average molecular weight is 522 g/mol. The maximum absolute atomic E-state index is 15.5. The summed E-state index contributed by atoms with van der Waals surface area (Å²) in [5.41, 5.74) is 1.29. The van der Waals surface area contributed by atoms with Crippen LogP contribution in [0.1, 0.15) is 11.1 Å². The highest BCUT2D eigenvalue weighted by atomic mass is 35.5. The van der Waals surface area contributed by atoms with E-state index in [-0.39, 0.29) is 11.1 Å². The number of hydrogen-bond donors (Lipinski definition) is 1. The minimum atomic E-state index is -0.459. The second kappa shape index (κ2) is 10.9. The Bertz CT molecular complexity index is 1460. The van der Waals surface area contributed by atoms with E-state index >= 15 is 4.39 Å². The summed E-state index contributed by atoms with van der Waals surface area (Å²) in [6, 6.07) is 26.7. The average Bonchev–Trinajstić information content (AvgIpc) is 2.83. The quantitative estimate of drug-likeness (QED) is 0.274. The lowest BCUT2D eigenvalue weighted by molar-refractivity contribution is 0.595. The Kier molecular flexibility index (Phi) is 7.67. The van der Waals surface area contributed by atoms with Crippen LogP contribution in [0.3, 0.4) is 0 Å². The van der Waals surface area contributed by atoms with Crippen LogP contribution in [0.2, 0.25) is 10.0 Å². The fraction of sp³-hybridized carbons (Fsp3) is 0. The third-order valence-corrected chi connectivity index (χ3v) is 8.02. The zero-order valence-electron chi connectivity index (χ0n) is 17.4. The van der Waals surface area contributed by atoms with Crippen molar-refractivity contribution in [1.29, 1.82) is 10.5 Å². The largest absolute Gasteiger partial charge is 0.354 e. The molecule has 34 heavy (non-hydrogen) atoms. The lowest BCUT2D eigenvalue weighted by atomic mass is 10.1. The Morgan fingerprint density at radius 3 is 2.00 bits per heavy atom. The van der Waals surface area contributed by atoms with E-state index in [9.17, 15) is 10.5 Å². The van der Waals surface area contributed by atoms with Crippen LogP contribution in [0.5, 0.6) is 0 Å². The van der Waals surface area contributed by atoms with Crippen LogP contribution in [0.15, 0.2) is 98.4 Å². The first-order chi connectivity index (χ1) is 16.5. The lowest BCUT2D eigenvalue weighted by Crippen LogP contribution is -1.98. The van der Waals surface area contributed by atoms with E-state index in [0.29, 0.717) is 31.2 Å². The molecule has 4 aromatic carbocycles.